The minimum Gasteiger partial charge on any atom is -0.388 e. The van der Waals surface area contributed by atoms with E-state index >= 15 is 0 Å². The lowest BCUT2D eigenvalue weighted by Gasteiger charge is -2.40. The van der Waals surface area contributed by atoms with E-state index in [-0.39, 0.29) is 12.1 Å². The summed E-state index contributed by atoms with van der Waals surface area (Å²) in [7, 11) is 0. The molecule has 90 valence electrons. The molecule has 0 aromatic rings. The largest absolute Gasteiger partial charge is 0.388 e. The average molecular weight is 215 g/mol. The molecular weight excluding hydrogens is 190 g/mol. The molecule has 15 heavy (non-hydrogen) atoms. The van der Waals surface area contributed by atoms with Gasteiger partial charge in [-0.2, -0.15) is 0 Å². The van der Waals surface area contributed by atoms with E-state index in [1.165, 1.54) is 0 Å². The van der Waals surface area contributed by atoms with Crippen LogP contribution in [0, 0.1) is 5.92 Å². The van der Waals surface area contributed by atoms with Crippen molar-refractivity contribution in [2.75, 3.05) is 6.61 Å². The third-order valence-electron chi connectivity index (χ3n) is 3.40. The topological polar surface area (TPSA) is 55.5 Å². The van der Waals surface area contributed by atoms with Gasteiger partial charge >= 0.3 is 0 Å². The Morgan fingerprint density at radius 3 is 2.73 bits per heavy atom. The molecule has 0 aromatic heterocycles. The van der Waals surface area contributed by atoms with Gasteiger partial charge in [0.1, 0.15) is 0 Å². The molecule has 0 saturated heterocycles. The number of hydrogen-bond donors (Lipinski definition) is 2. The molecule has 1 aliphatic carbocycles. The SMILES string of the molecule is CC1CCC(O)(CCOC(C)C)C(N)C1. The first kappa shape index (κ1) is 12.9. The fourth-order valence-corrected chi connectivity index (χ4v) is 2.23. The predicted octanol–water partition coefficient (Wildman–Crippen LogP) is 1.68. The van der Waals surface area contributed by atoms with Gasteiger partial charge in [0.25, 0.3) is 0 Å². The van der Waals surface area contributed by atoms with Gasteiger partial charge < -0.3 is 15.6 Å². The third-order valence-corrected chi connectivity index (χ3v) is 3.40. The molecule has 3 atom stereocenters. The molecule has 3 heteroatoms. The van der Waals surface area contributed by atoms with Crippen LogP contribution in [0.2, 0.25) is 0 Å². The van der Waals surface area contributed by atoms with Crippen LogP contribution in [0.15, 0.2) is 0 Å². The summed E-state index contributed by atoms with van der Waals surface area (Å²) in [4.78, 5) is 0. The third kappa shape index (κ3) is 3.74. The second-order valence-corrected chi connectivity index (χ2v) is 5.26. The van der Waals surface area contributed by atoms with Crippen molar-refractivity contribution < 1.29 is 9.84 Å². The lowest BCUT2D eigenvalue weighted by Crippen LogP contribution is -2.52. The van der Waals surface area contributed by atoms with Gasteiger partial charge in [-0.3, -0.25) is 0 Å². The Kier molecular flexibility index (Phi) is 4.56. The highest BCUT2D eigenvalue weighted by Gasteiger charge is 2.38. The molecule has 3 nitrogen and oxygen atoms in total. The van der Waals surface area contributed by atoms with Crippen molar-refractivity contribution in [3.8, 4) is 0 Å². The van der Waals surface area contributed by atoms with Gasteiger partial charge in [0.2, 0.25) is 0 Å². The second kappa shape index (κ2) is 5.28. The van der Waals surface area contributed by atoms with Crippen LogP contribution in [0.4, 0.5) is 0 Å². The summed E-state index contributed by atoms with van der Waals surface area (Å²) in [5.41, 5.74) is 5.32. The summed E-state index contributed by atoms with van der Waals surface area (Å²) >= 11 is 0. The summed E-state index contributed by atoms with van der Waals surface area (Å²) in [6.07, 6.45) is 3.72. The van der Waals surface area contributed by atoms with E-state index in [4.69, 9.17) is 10.5 Å². The monoisotopic (exact) mass is 215 g/mol. The maximum absolute atomic E-state index is 10.4. The van der Waals surface area contributed by atoms with Crippen molar-refractivity contribution in [1.29, 1.82) is 0 Å². The van der Waals surface area contributed by atoms with Crippen LogP contribution in [0.25, 0.3) is 0 Å². The van der Waals surface area contributed by atoms with Crippen molar-refractivity contribution >= 4 is 0 Å². The van der Waals surface area contributed by atoms with Crippen molar-refractivity contribution in [2.24, 2.45) is 11.7 Å². The summed E-state index contributed by atoms with van der Waals surface area (Å²) in [5.74, 6) is 0.645. The van der Waals surface area contributed by atoms with Crippen molar-refractivity contribution in [3.63, 3.8) is 0 Å². The van der Waals surface area contributed by atoms with Gasteiger partial charge in [0.05, 0.1) is 11.7 Å². The predicted molar refractivity (Wildman–Crippen MR) is 61.6 cm³/mol. The van der Waals surface area contributed by atoms with Gasteiger partial charge in [0, 0.05) is 19.1 Å². The van der Waals surface area contributed by atoms with Crippen LogP contribution < -0.4 is 5.73 Å². The molecule has 1 saturated carbocycles. The zero-order valence-corrected chi connectivity index (χ0v) is 10.2. The van der Waals surface area contributed by atoms with Gasteiger partial charge in [-0.15, -0.1) is 0 Å². The molecule has 3 N–H and O–H groups in total. The van der Waals surface area contributed by atoms with Crippen molar-refractivity contribution in [3.05, 3.63) is 0 Å². The highest BCUT2D eigenvalue weighted by Crippen LogP contribution is 2.33. The Labute approximate surface area is 93.0 Å². The molecule has 1 aliphatic rings. The Morgan fingerprint density at radius 1 is 1.53 bits per heavy atom. The minimum absolute atomic E-state index is 0.0861. The maximum Gasteiger partial charge on any atom is 0.0820 e. The fraction of sp³-hybridized carbons (Fsp3) is 1.00. The molecule has 1 rings (SSSR count). The molecule has 0 bridgehead atoms. The number of hydrogen-bond acceptors (Lipinski definition) is 3. The van der Waals surface area contributed by atoms with Gasteiger partial charge in [-0.25, -0.2) is 0 Å². The van der Waals surface area contributed by atoms with Crippen LogP contribution in [0.3, 0.4) is 0 Å². The summed E-state index contributed by atoms with van der Waals surface area (Å²) in [6.45, 7) is 6.82. The number of rotatable bonds is 4. The normalized spacial score (nSPS) is 37.2. The van der Waals surface area contributed by atoms with E-state index in [1.54, 1.807) is 0 Å². The molecule has 0 aromatic carbocycles. The molecule has 3 unspecified atom stereocenters. The van der Waals surface area contributed by atoms with Gasteiger partial charge in [-0.1, -0.05) is 6.92 Å². The highest BCUT2D eigenvalue weighted by molar-refractivity contribution is 4.94. The Balaban J connectivity index is 2.37. The smallest absolute Gasteiger partial charge is 0.0820 e. The van der Waals surface area contributed by atoms with Crippen LogP contribution in [0.1, 0.15) is 46.5 Å². The Hall–Kier alpha value is -0.120. The van der Waals surface area contributed by atoms with E-state index < -0.39 is 5.60 Å². The summed E-state index contributed by atoms with van der Waals surface area (Å²) in [6, 6.07) is -0.0861. The zero-order valence-electron chi connectivity index (χ0n) is 10.2. The molecule has 0 aliphatic heterocycles. The van der Waals surface area contributed by atoms with E-state index in [0.717, 1.165) is 19.3 Å². The Morgan fingerprint density at radius 2 is 2.20 bits per heavy atom. The van der Waals surface area contributed by atoms with Gasteiger partial charge in [0.15, 0.2) is 0 Å². The van der Waals surface area contributed by atoms with Crippen LogP contribution in [-0.2, 0) is 4.74 Å². The zero-order chi connectivity index (χ0) is 11.5. The molecule has 0 spiro atoms. The van der Waals surface area contributed by atoms with E-state index in [2.05, 4.69) is 6.92 Å². The van der Waals surface area contributed by atoms with E-state index in [0.29, 0.717) is 18.9 Å². The maximum atomic E-state index is 10.4. The van der Waals surface area contributed by atoms with E-state index in [1.807, 2.05) is 13.8 Å². The summed E-state index contributed by atoms with van der Waals surface area (Å²) in [5, 5.41) is 10.4. The number of aliphatic hydroxyl groups is 1. The molecule has 0 heterocycles. The first-order chi connectivity index (χ1) is 6.94. The van der Waals surface area contributed by atoms with Crippen molar-refractivity contribution in [1.82, 2.24) is 0 Å². The molecule has 0 radical (unpaired) electrons. The standard InChI is InChI=1S/C12H25NO2/c1-9(2)15-7-6-12(14)5-4-10(3)8-11(12)13/h9-11,14H,4-8,13H2,1-3H3. The molecule has 1 fully saturated rings. The van der Waals surface area contributed by atoms with Gasteiger partial charge in [-0.05, 0) is 39.0 Å². The number of nitrogens with two attached hydrogens (primary N) is 1. The summed E-state index contributed by atoms with van der Waals surface area (Å²) < 4.78 is 5.47. The van der Waals surface area contributed by atoms with Crippen molar-refractivity contribution in [2.45, 2.75) is 64.2 Å². The van der Waals surface area contributed by atoms with Crippen LogP contribution in [-0.4, -0.2) is 29.5 Å². The first-order valence-electron chi connectivity index (χ1n) is 6.03. The average Bonchev–Trinajstić information content (AvgIpc) is 2.12. The van der Waals surface area contributed by atoms with E-state index in [9.17, 15) is 5.11 Å². The number of ether oxygens (including phenoxy) is 1. The lowest BCUT2D eigenvalue weighted by molar-refractivity contribution is -0.0571. The quantitative estimate of drug-likeness (QED) is 0.750. The second-order valence-electron chi connectivity index (χ2n) is 5.26. The molecule has 0 amide bonds. The fourth-order valence-electron chi connectivity index (χ4n) is 2.23. The minimum atomic E-state index is -0.693. The lowest BCUT2D eigenvalue weighted by atomic mass is 9.74. The molecular formula is C12H25NO2. The highest BCUT2D eigenvalue weighted by atomic mass is 16.5. The first-order valence-corrected chi connectivity index (χ1v) is 6.03. The van der Waals surface area contributed by atoms with Crippen LogP contribution in [0.5, 0.6) is 0 Å². The Bertz CT molecular complexity index is 196. The van der Waals surface area contributed by atoms with Crippen LogP contribution >= 0.6 is 0 Å².